The molecule has 0 radical (unpaired) electrons. The summed E-state index contributed by atoms with van der Waals surface area (Å²) in [5.41, 5.74) is 5.20. The minimum absolute atomic E-state index is 0.363. The highest BCUT2D eigenvalue weighted by Crippen LogP contribution is 2.31. The van der Waals surface area contributed by atoms with E-state index in [1.807, 2.05) is 77.2 Å². The largest absolute Gasteiger partial charge is 0.489 e. The highest BCUT2D eigenvalue weighted by Gasteiger charge is 2.17. The van der Waals surface area contributed by atoms with Gasteiger partial charge < -0.3 is 15.0 Å². The highest BCUT2D eigenvalue weighted by molar-refractivity contribution is 5.78. The first-order valence-corrected chi connectivity index (χ1v) is 10.4. The van der Waals surface area contributed by atoms with Crippen molar-refractivity contribution in [2.75, 3.05) is 5.32 Å². The first kappa shape index (κ1) is 19.5. The predicted octanol–water partition coefficient (Wildman–Crippen LogP) is 5.39. The summed E-state index contributed by atoms with van der Waals surface area (Å²) in [5, 5.41) is 12.9. The number of aromatic amines is 1. The van der Waals surface area contributed by atoms with E-state index in [-0.39, 0.29) is 0 Å². The number of rotatable bonds is 7. The molecule has 0 atom stereocenters. The van der Waals surface area contributed by atoms with Crippen LogP contribution in [0.4, 0.5) is 5.82 Å². The van der Waals surface area contributed by atoms with Crippen molar-refractivity contribution in [1.29, 1.82) is 5.26 Å². The zero-order valence-corrected chi connectivity index (χ0v) is 17.3. The van der Waals surface area contributed by atoms with E-state index in [1.54, 1.807) is 6.33 Å². The first-order valence-electron chi connectivity index (χ1n) is 10.4. The smallest absolute Gasteiger partial charge is 0.183 e. The van der Waals surface area contributed by atoms with Crippen molar-refractivity contribution in [2.45, 2.75) is 13.2 Å². The Morgan fingerprint density at radius 1 is 0.906 bits per heavy atom. The molecule has 2 N–H and O–H groups in total. The molecular weight excluding hydrogens is 398 g/mol. The Morgan fingerprint density at radius 2 is 1.59 bits per heavy atom. The van der Waals surface area contributed by atoms with Crippen LogP contribution in [0.2, 0.25) is 0 Å². The Morgan fingerprint density at radius 3 is 2.28 bits per heavy atom. The second kappa shape index (κ2) is 8.70. The zero-order chi connectivity index (χ0) is 21.8. The predicted molar refractivity (Wildman–Crippen MR) is 124 cm³/mol. The summed E-state index contributed by atoms with van der Waals surface area (Å²) in [6.07, 6.45) is 1.67. The number of H-pyrrole nitrogens is 1. The third-order valence-corrected chi connectivity index (χ3v) is 5.29. The van der Waals surface area contributed by atoms with Gasteiger partial charge in [-0.15, -0.1) is 0 Å². The SMILES string of the molecule is N#Cc1ncn2c(NCc3ccccc3)c(-c3ccc(OCc4ccccc4)cc3)[nH]c12. The van der Waals surface area contributed by atoms with Crippen LogP contribution in [0.1, 0.15) is 16.8 Å². The summed E-state index contributed by atoms with van der Waals surface area (Å²) in [4.78, 5) is 7.57. The molecule has 0 unspecified atom stereocenters. The molecule has 0 saturated heterocycles. The quantitative estimate of drug-likeness (QED) is 0.371. The van der Waals surface area contributed by atoms with E-state index < -0.39 is 0 Å². The summed E-state index contributed by atoms with van der Waals surface area (Å²) in [7, 11) is 0. The summed E-state index contributed by atoms with van der Waals surface area (Å²) in [6, 6.07) is 30.4. The molecule has 0 saturated carbocycles. The van der Waals surface area contributed by atoms with Crippen LogP contribution in [0, 0.1) is 11.3 Å². The summed E-state index contributed by atoms with van der Waals surface area (Å²) < 4.78 is 7.80. The number of nitrogens with zero attached hydrogens (tertiary/aromatic N) is 3. The van der Waals surface area contributed by atoms with Gasteiger partial charge in [-0.3, -0.25) is 4.40 Å². The van der Waals surface area contributed by atoms with Gasteiger partial charge >= 0.3 is 0 Å². The lowest BCUT2D eigenvalue weighted by atomic mass is 10.1. The molecule has 0 bridgehead atoms. The molecule has 0 aliphatic rings. The highest BCUT2D eigenvalue weighted by atomic mass is 16.5. The Kier molecular flexibility index (Phi) is 5.29. The number of nitriles is 1. The van der Waals surface area contributed by atoms with E-state index in [0.29, 0.717) is 24.5 Å². The molecule has 2 aromatic heterocycles. The number of anilines is 1. The van der Waals surface area contributed by atoms with E-state index in [9.17, 15) is 5.26 Å². The first-order chi connectivity index (χ1) is 15.8. The lowest BCUT2D eigenvalue weighted by Gasteiger charge is -2.10. The average molecular weight is 419 g/mol. The standard InChI is InChI=1S/C26H21N5O/c27-15-23-25-30-24(26(31(25)18-29-23)28-16-19-7-3-1-4-8-19)21-11-13-22(14-12-21)32-17-20-9-5-2-6-10-20/h1-14,18,28,30H,16-17H2. The second-order valence-corrected chi connectivity index (χ2v) is 7.41. The minimum atomic E-state index is 0.363. The fourth-order valence-corrected chi connectivity index (χ4v) is 3.64. The summed E-state index contributed by atoms with van der Waals surface area (Å²) in [6.45, 7) is 1.17. The molecule has 0 aliphatic carbocycles. The van der Waals surface area contributed by atoms with Crippen LogP contribution in [0.3, 0.4) is 0 Å². The monoisotopic (exact) mass is 419 g/mol. The maximum atomic E-state index is 9.41. The van der Waals surface area contributed by atoms with Crippen molar-refractivity contribution in [3.05, 3.63) is 108 Å². The lowest BCUT2D eigenvalue weighted by molar-refractivity contribution is 0.306. The molecule has 5 aromatic rings. The lowest BCUT2D eigenvalue weighted by Crippen LogP contribution is -2.02. The normalized spacial score (nSPS) is 10.7. The van der Waals surface area contributed by atoms with E-state index in [4.69, 9.17) is 4.74 Å². The van der Waals surface area contributed by atoms with Gasteiger partial charge in [0.05, 0.1) is 5.69 Å². The van der Waals surface area contributed by atoms with Crippen LogP contribution in [-0.2, 0) is 13.2 Å². The van der Waals surface area contributed by atoms with Gasteiger partial charge in [0.2, 0.25) is 0 Å². The number of hydrogen-bond donors (Lipinski definition) is 2. The van der Waals surface area contributed by atoms with Crippen LogP contribution in [0.25, 0.3) is 16.9 Å². The van der Waals surface area contributed by atoms with Crippen LogP contribution in [-0.4, -0.2) is 14.4 Å². The van der Waals surface area contributed by atoms with Gasteiger partial charge in [-0.05, 0) is 35.4 Å². The van der Waals surface area contributed by atoms with Gasteiger partial charge in [0, 0.05) is 12.1 Å². The zero-order valence-electron chi connectivity index (χ0n) is 17.3. The minimum Gasteiger partial charge on any atom is -0.489 e. The summed E-state index contributed by atoms with van der Waals surface area (Å²) in [5.74, 6) is 1.66. The number of fused-ring (bicyclic) bond motifs is 1. The number of hydrogen-bond acceptors (Lipinski definition) is 4. The molecule has 2 heterocycles. The topological polar surface area (TPSA) is 78.1 Å². The number of aromatic nitrogens is 3. The third-order valence-electron chi connectivity index (χ3n) is 5.29. The van der Waals surface area contributed by atoms with Crippen molar-refractivity contribution in [2.24, 2.45) is 0 Å². The van der Waals surface area contributed by atoms with Crippen molar-refractivity contribution in [3.8, 4) is 23.1 Å². The van der Waals surface area contributed by atoms with Crippen molar-refractivity contribution in [1.82, 2.24) is 14.4 Å². The van der Waals surface area contributed by atoms with E-state index in [1.165, 1.54) is 0 Å². The maximum Gasteiger partial charge on any atom is 0.183 e. The molecule has 0 spiro atoms. The molecule has 32 heavy (non-hydrogen) atoms. The average Bonchev–Trinajstić information content (AvgIpc) is 3.42. The fraction of sp³-hybridized carbons (Fsp3) is 0.0769. The van der Waals surface area contributed by atoms with E-state index >= 15 is 0 Å². The van der Waals surface area contributed by atoms with Gasteiger partial charge in [0.1, 0.15) is 30.6 Å². The van der Waals surface area contributed by atoms with E-state index in [0.717, 1.165) is 34.0 Å². The third kappa shape index (κ3) is 3.92. The molecule has 0 aliphatic heterocycles. The molecule has 6 heteroatoms. The van der Waals surface area contributed by atoms with Gasteiger partial charge in [-0.2, -0.15) is 5.26 Å². The second-order valence-electron chi connectivity index (χ2n) is 7.41. The molecule has 6 nitrogen and oxygen atoms in total. The Labute approximate surface area is 185 Å². The van der Waals surface area contributed by atoms with E-state index in [2.05, 4.69) is 33.5 Å². The van der Waals surface area contributed by atoms with Crippen molar-refractivity contribution < 1.29 is 4.74 Å². The number of nitrogens with one attached hydrogen (secondary N) is 2. The fourth-order valence-electron chi connectivity index (χ4n) is 3.64. The van der Waals surface area contributed by atoms with Gasteiger partial charge in [0.25, 0.3) is 0 Å². The molecule has 0 fully saturated rings. The molecular formula is C26H21N5O. The van der Waals surface area contributed by atoms with Gasteiger partial charge in [0.15, 0.2) is 11.3 Å². The van der Waals surface area contributed by atoms with Gasteiger partial charge in [-0.25, -0.2) is 4.98 Å². The Balaban J connectivity index is 1.42. The van der Waals surface area contributed by atoms with Crippen LogP contribution < -0.4 is 10.1 Å². The van der Waals surface area contributed by atoms with Crippen LogP contribution >= 0.6 is 0 Å². The molecule has 0 amide bonds. The number of imidazole rings is 2. The Bertz CT molecular complexity index is 1360. The maximum absolute atomic E-state index is 9.41. The molecule has 3 aromatic carbocycles. The summed E-state index contributed by atoms with van der Waals surface area (Å²) >= 11 is 0. The Hall–Kier alpha value is -4.50. The van der Waals surface area contributed by atoms with Crippen molar-refractivity contribution in [3.63, 3.8) is 0 Å². The molecule has 5 rings (SSSR count). The van der Waals surface area contributed by atoms with Gasteiger partial charge in [-0.1, -0.05) is 60.7 Å². The van der Waals surface area contributed by atoms with Crippen LogP contribution in [0.5, 0.6) is 5.75 Å². The number of ether oxygens (including phenoxy) is 1. The van der Waals surface area contributed by atoms with Crippen LogP contribution in [0.15, 0.2) is 91.3 Å². The molecule has 156 valence electrons. The van der Waals surface area contributed by atoms with Crippen molar-refractivity contribution >= 4 is 11.5 Å². The number of benzene rings is 3.